The molecule has 0 unspecified atom stereocenters. The lowest BCUT2D eigenvalue weighted by molar-refractivity contribution is 0.204. The Bertz CT molecular complexity index is 560. The summed E-state index contributed by atoms with van der Waals surface area (Å²) in [4.78, 5) is 4.81. The Balaban J connectivity index is 2.23. The van der Waals surface area contributed by atoms with E-state index in [2.05, 4.69) is 9.80 Å². The van der Waals surface area contributed by atoms with E-state index in [1.165, 1.54) is 0 Å². The van der Waals surface area contributed by atoms with Gasteiger partial charge in [0.25, 0.3) is 0 Å². The van der Waals surface area contributed by atoms with E-state index in [4.69, 9.17) is 5.11 Å². The van der Waals surface area contributed by atoms with Crippen molar-refractivity contribution in [2.75, 3.05) is 50.0 Å². The molecule has 1 aliphatic heterocycles. The summed E-state index contributed by atoms with van der Waals surface area (Å²) in [5.74, 6) is 0.120. The predicted octanol–water partition coefficient (Wildman–Crippen LogP) is 0.985. The molecule has 1 saturated heterocycles. The molecule has 118 valence electrons. The van der Waals surface area contributed by atoms with E-state index in [0.717, 1.165) is 38.3 Å². The van der Waals surface area contributed by atoms with Crippen LogP contribution in [0.4, 0.5) is 5.69 Å². The number of β-amino-alcohol motifs (C(OH)–C–C–N with tert-alkyl or cyclic N) is 1. The first kappa shape index (κ1) is 16.3. The van der Waals surface area contributed by atoms with Gasteiger partial charge < -0.3 is 10.0 Å². The quantitative estimate of drug-likeness (QED) is 0.878. The highest BCUT2D eigenvalue weighted by molar-refractivity contribution is 7.91. The normalized spacial score (nSPS) is 17.7. The van der Waals surface area contributed by atoms with E-state index in [-0.39, 0.29) is 12.4 Å². The first-order chi connectivity index (χ1) is 10.1. The Hall–Kier alpha value is -1.11. The lowest BCUT2D eigenvalue weighted by Gasteiger charge is -2.25. The van der Waals surface area contributed by atoms with Crippen LogP contribution in [0.15, 0.2) is 29.2 Å². The van der Waals surface area contributed by atoms with E-state index >= 15 is 0 Å². The molecule has 1 aromatic carbocycles. The summed E-state index contributed by atoms with van der Waals surface area (Å²) in [7, 11) is -3.21. The van der Waals surface area contributed by atoms with Crippen molar-refractivity contribution in [3.63, 3.8) is 0 Å². The highest BCUT2D eigenvalue weighted by Crippen LogP contribution is 2.26. The number of aliphatic hydroxyl groups is 1. The minimum absolute atomic E-state index is 0.120. The average molecular weight is 312 g/mol. The summed E-state index contributed by atoms with van der Waals surface area (Å²) < 4.78 is 24.5. The van der Waals surface area contributed by atoms with Crippen LogP contribution in [-0.4, -0.2) is 63.5 Å². The Kier molecular flexibility index (Phi) is 5.61. The third-order valence-corrected chi connectivity index (χ3v) is 5.70. The first-order valence-electron chi connectivity index (χ1n) is 7.48. The molecule has 21 heavy (non-hydrogen) atoms. The van der Waals surface area contributed by atoms with Crippen molar-refractivity contribution in [2.45, 2.75) is 18.2 Å². The summed E-state index contributed by atoms with van der Waals surface area (Å²) in [5.41, 5.74) is 0.810. The number of benzene rings is 1. The molecule has 0 atom stereocenters. The maximum atomic E-state index is 12.2. The molecule has 2 rings (SSSR count). The van der Waals surface area contributed by atoms with Gasteiger partial charge in [-0.1, -0.05) is 19.1 Å². The van der Waals surface area contributed by atoms with Crippen LogP contribution in [0.3, 0.4) is 0 Å². The Labute approximate surface area is 127 Å². The summed E-state index contributed by atoms with van der Waals surface area (Å²) >= 11 is 0. The van der Waals surface area contributed by atoms with Crippen LogP contribution in [0.25, 0.3) is 0 Å². The van der Waals surface area contributed by atoms with E-state index in [1.807, 2.05) is 12.1 Å². The molecule has 0 amide bonds. The first-order valence-corrected chi connectivity index (χ1v) is 9.13. The van der Waals surface area contributed by atoms with Crippen molar-refractivity contribution in [1.82, 2.24) is 4.90 Å². The fraction of sp³-hybridized carbons (Fsp3) is 0.600. The summed E-state index contributed by atoms with van der Waals surface area (Å²) in [6.07, 6.45) is 0.973. The standard InChI is InChI=1S/C15H24N2O3S/c1-2-21(19,20)15-7-4-3-6-14(15)17-9-5-8-16(10-11-17)12-13-18/h3-4,6-7,18H,2,5,8-13H2,1H3. The van der Waals surface area contributed by atoms with Gasteiger partial charge in [0.05, 0.1) is 22.9 Å². The number of hydrogen-bond acceptors (Lipinski definition) is 5. The number of para-hydroxylation sites is 1. The van der Waals surface area contributed by atoms with E-state index in [9.17, 15) is 8.42 Å². The van der Waals surface area contributed by atoms with Gasteiger partial charge in [-0.15, -0.1) is 0 Å². The molecule has 5 nitrogen and oxygen atoms in total. The molecule has 0 aliphatic carbocycles. The molecule has 1 heterocycles. The molecule has 0 aromatic heterocycles. The van der Waals surface area contributed by atoms with Crippen molar-refractivity contribution in [3.05, 3.63) is 24.3 Å². The zero-order chi connectivity index (χ0) is 15.3. The molecular formula is C15H24N2O3S. The monoisotopic (exact) mass is 312 g/mol. The van der Waals surface area contributed by atoms with Gasteiger partial charge in [-0.25, -0.2) is 8.42 Å². The smallest absolute Gasteiger partial charge is 0.180 e. The van der Waals surface area contributed by atoms with Crippen LogP contribution < -0.4 is 4.90 Å². The highest BCUT2D eigenvalue weighted by atomic mass is 32.2. The zero-order valence-electron chi connectivity index (χ0n) is 12.5. The summed E-state index contributed by atoms with van der Waals surface area (Å²) in [6.45, 7) is 5.95. The van der Waals surface area contributed by atoms with Crippen LogP contribution in [-0.2, 0) is 9.84 Å². The van der Waals surface area contributed by atoms with Crippen LogP contribution in [0.2, 0.25) is 0 Å². The second kappa shape index (κ2) is 7.24. The summed E-state index contributed by atoms with van der Waals surface area (Å²) in [6, 6.07) is 7.26. The largest absolute Gasteiger partial charge is 0.395 e. The van der Waals surface area contributed by atoms with Crippen LogP contribution in [0.1, 0.15) is 13.3 Å². The van der Waals surface area contributed by atoms with E-state index in [0.29, 0.717) is 11.4 Å². The number of nitrogens with zero attached hydrogens (tertiary/aromatic N) is 2. The SMILES string of the molecule is CCS(=O)(=O)c1ccccc1N1CCCN(CCO)CC1. The molecule has 0 radical (unpaired) electrons. The minimum Gasteiger partial charge on any atom is -0.395 e. The molecule has 1 aliphatic rings. The van der Waals surface area contributed by atoms with Crippen molar-refractivity contribution in [1.29, 1.82) is 0 Å². The fourth-order valence-corrected chi connectivity index (χ4v) is 3.83. The fourth-order valence-electron chi connectivity index (χ4n) is 2.71. The summed E-state index contributed by atoms with van der Waals surface area (Å²) in [5, 5.41) is 9.04. The highest BCUT2D eigenvalue weighted by Gasteiger charge is 2.22. The second-order valence-corrected chi connectivity index (χ2v) is 7.52. The Morgan fingerprint density at radius 2 is 1.90 bits per heavy atom. The van der Waals surface area contributed by atoms with Crippen molar-refractivity contribution >= 4 is 15.5 Å². The molecule has 1 fully saturated rings. The number of aliphatic hydroxyl groups excluding tert-OH is 1. The predicted molar refractivity (Wildman–Crippen MR) is 84.5 cm³/mol. The Morgan fingerprint density at radius 3 is 2.62 bits per heavy atom. The lowest BCUT2D eigenvalue weighted by Crippen LogP contribution is -2.33. The van der Waals surface area contributed by atoms with Gasteiger partial charge in [-0.05, 0) is 25.1 Å². The third-order valence-electron chi connectivity index (χ3n) is 3.93. The maximum absolute atomic E-state index is 12.2. The van der Waals surface area contributed by atoms with Gasteiger partial charge in [-0.2, -0.15) is 0 Å². The van der Waals surface area contributed by atoms with E-state index < -0.39 is 9.84 Å². The minimum atomic E-state index is -3.21. The number of anilines is 1. The molecular weight excluding hydrogens is 288 g/mol. The molecule has 0 spiro atoms. The van der Waals surface area contributed by atoms with Gasteiger partial charge in [0, 0.05) is 26.2 Å². The van der Waals surface area contributed by atoms with Gasteiger partial charge in [-0.3, -0.25) is 4.90 Å². The lowest BCUT2D eigenvalue weighted by atomic mass is 10.2. The average Bonchev–Trinajstić information content (AvgIpc) is 2.73. The molecule has 1 aromatic rings. The van der Waals surface area contributed by atoms with Gasteiger partial charge in [0.2, 0.25) is 0 Å². The van der Waals surface area contributed by atoms with E-state index in [1.54, 1.807) is 19.1 Å². The van der Waals surface area contributed by atoms with Crippen LogP contribution in [0, 0.1) is 0 Å². The second-order valence-electron chi connectivity index (χ2n) is 5.28. The van der Waals surface area contributed by atoms with Crippen LogP contribution in [0.5, 0.6) is 0 Å². The maximum Gasteiger partial charge on any atom is 0.180 e. The molecule has 6 heteroatoms. The van der Waals surface area contributed by atoms with Crippen molar-refractivity contribution < 1.29 is 13.5 Å². The number of sulfone groups is 1. The number of hydrogen-bond donors (Lipinski definition) is 1. The van der Waals surface area contributed by atoms with Gasteiger partial charge in [0.15, 0.2) is 9.84 Å². The third kappa shape index (κ3) is 3.96. The number of rotatable bonds is 5. The topological polar surface area (TPSA) is 60.9 Å². The molecule has 0 saturated carbocycles. The van der Waals surface area contributed by atoms with Gasteiger partial charge in [0.1, 0.15) is 0 Å². The molecule has 0 bridgehead atoms. The zero-order valence-corrected chi connectivity index (χ0v) is 13.3. The van der Waals surface area contributed by atoms with Gasteiger partial charge >= 0.3 is 0 Å². The Morgan fingerprint density at radius 1 is 1.14 bits per heavy atom. The van der Waals surface area contributed by atoms with Crippen molar-refractivity contribution in [2.24, 2.45) is 0 Å². The van der Waals surface area contributed by atoms with Crippen LogP contribution >= 0.6 is 0 Å². The molecule has 1 N–H and O–H groups in total. The van der Waals surface area contributed by atoms with Crippen molar-refractivity contribution in [3.8, 4) is 0 Å².